The first-order valence-electron chi connectivity index (χ1n) is 6.39. The van der Waals surface area contributed by atoms with Gasteiger partial charge < -0.3 is 10.1 Å². The Morgan fingerprint density at radius 3 is 2.95 bits per heavy atom. The van der Waals surface area contributed by atoms with Crippen molar-refractivity contribution in [1.82, 2.24) is 9.78 Å². The van der Waals surface area contributed by atoms with Crippen LogP contribution in [0.2, 0.25) is 5.02 Å². The molecule has 0 bridgehead atoms. The van der Waals surface area contributed by atoms with E-state index in [4.69, 9.17) is 16.3 Å². The first-order chi connectivity index (χ1) is 10.0. The highest BCUT2D eigenvalue weighted by Gasteiger charge is 2.17. The second kappa shape index (κ2) is 7.13. The number of carbonyl (C=O) groups is 1. The molecule has 0 unspecified atom stereocenters. The van der Waals surface area contributed by atoms with E-state index >= 15 is 0 Å². The second-order valence-corrected chi connectivity index (χ2v) is 5.98. The summed E-state index contributed by atoms with van der Waals surface area (Å²) < 4.78 is 7.74. The van der Waals surface area contributed by atoms with Gasteiger partial charge in [0.15, 0.2) is 0 Å². The molecule has 5 nitrogen and oxygen atoms in total. The van der Waals surface area contributed by atoms with Crippen molar-refractivity contribution in [2.24, 2.45) is 7.05 Å². The summed E-state index contributed by atoms with van der Waals surface area (Å²) in [6.07, 6.45) is 1.52. The Morgan fingerprint density at radius 1 is 1.52 bits per heavy atom. The van der Waals surface area contributed by atoms with Crippen LogP contribution in [-0.2, 0) is 18.3 Å². The minimum atomic E-state index is -0.365. The van der Waals surface area contributed by atoms with Crippen LogP contribution in [0.3, 0.4) is 0 Å². The SMILES string of the molecule is CCOC(=O)c1cnn(C)c1CNc1ccc(I)cc1Cl. The van der Waals surface area contributed by atoms with Crippen molar-refractivity contribution in [3.8, 4) is 0 Å². The molecule has 1 heterocycles. The van der Waals surface area contributed by atoms with Gasteiger partial charge >= 0.3 is 5.97 Å². The fourth-order valence-electron chi connectivity index (χ4n) is 1.86. The Labute approximate surface area is 141 Å². The monoisotopic (exact) mass is 419 g/mol. The third-order valence-electron chi connectivity index (χ3n) is 2.93. The van der Waals surface area contributed by atoms with E-state index in [1.165, 1.54) is 6.20 Å². The van der Waals surface area contributed by atoms with Crippen LogP contribution >= 0.6 is 34.2 Å². The van der Waals surface area contributed by atoms with Gasteiger partial charge in [0.2, 0.25) is 0 Å². The van der Waals surface area contributed by atoms with E-state index in [9.17, 15) is 4.79 Å². The molecule has 2 rings (SSSR count). The van der Waals surface area contributed by atoms with Gasteiger partial charge in [0.05, 0.1) is 35.8 Å². The largest absolute Gasteiger partial charge is 0.462 e. The van der Waals surface area contributed by atoms with Gasteiger partial charge in [-0.05, 0) is 47.7 Å². The Kier molecular flexibility index (Phi) is 5.46. The van der Waals surface area contributed by atoms with Crippen molar-refractivity contribution in [2.75, 3.05) is 11.9 Å². The highest BCUT2D eigenvalue weighted by atomic mass is 127. The number of hydrogen-bond donors (Lipinski definition) is 1. The number of nitrogens with one attached hydrogen (secondary N) is 1. The fourth-order valence-corrected chi connectivity index (χ4v) is 2.79. The number of aryl methyl sites for hydroxylation is 1. The quantitative estimate of drug-likeness (QED) is 0.596. The minimum absolute atomic E-state index is 0.337. The number of rotatable bonds is 5. The number of nitrogens with zero attached hydrogens (tertiary/aromatic N) is 2. The molecule has 0 radical (unpaired) electrons. The Hall–Kier alpha value is -1.28. The lowest BCUT2D eigenvalue weighted by Gasteiger charge is -2.10. The summed E-state index contributed by atoms with van der Waals surface area (Å²) in [5, 5.41) is 7.97. The van der Waals surface area contributed by atoms with Gasteiger partial charge in [-0.1, -0.05) is 11.6 Å². The molecule has 0 aliphatic rings. The van der Waals surface area contributed by atoms with E-state index in [1.54, 1.807) is 18.7 Å². The number of halogens is 2. The molecule has 0 amide bonds. The lowest BCUT2D eigenvalue weighted by atomic mass is 10.2. The lowest BCUT2D eigenvalue weighted by molar-refractivity contribution is 0.0525. The van der Waals surface area contributed by atoms with E-state index in [-0.39, 0.29) is 5.97 Å². The van der Waals surface area contributed by atoms with Gasteiger partial charge in [-0.15, -0.1) is 0 Å². The zero-order valence-corrected chi connectivity index (χ0v) is 14.6. The van der Waals surface area contributed by atoms with Crippen LogP contribution in [0.15, 0.2) is 24.4 Å². The Bertz CT molecular complexity index is 658. The van der Waals surface area contributed by atoms with Crippen molar-refractivity contribution in [1.29, 1.82) is 0 Å². The van der Waals surface area contributed by atoms with Crippen LogP contribution in [0, 0.1) is 3.57 Å². The molecule has 2 aromatic rings. The fraction of sp³-hybridized carbons (Fsp3) is 0.286. The van der Waals surface area contributed by atoms with Crippen molar-refractivity contribution in [2.45, 2.75) is 13.5 Å². The molecule has 0 aliphatic heterocycles. The summed E-state index contributed by atoms with van der Waals surface area (Å²) in [7, 11) is 1.79. The maximum atomic E-state index is 11.9. The molecule has 0 saturated carbocycles. The Morgan fingerprint density at radius 2 is 2.29 bits per heavy atom. The van der Waals surface area contributed by atoms with Crippen molar-refractivity contribution >= 4 is 45.8 Å². The van der Waals surface area contributed by atoms with Crippen LogP contribution in [-0.4, -0.2) is 22.4 Å². The number of ether oxygens (including phenoxy) is 1. The van der Waals surface area contributed by atoms with Crippen molar-refractivity contribution < 1.29 is 9.53 Å². The average Bonchev–Trinajstić information content (AvgIpc) is 2.79. The molecule has 0 spiro atoms. The predicted molar refractivity (Wildman–Crippen MR) is 90.7 cm³/mol. The standard InChI is InChI=1S/C14H15ClIN3O2/c1-3-21-14(20)10-7-18-19(2)13(10)8-17-12-5-4-9(16)6-11(12)15/h4-7,17H,3,8H2,1-2H3. The maximum absolute atomic E-state index is 11.9. The molecule has 7 heteroatoms. The summed E-state index contributed by atoms with van der Waals surface area (Å²) in [4.78, 5) is 11.9. The first-order valence-corrected chi connectivity index (χ1v) is 7.85. The molecular formula is C14H15ClIN3O2. The summed E-state index contributed by atoms with van der Waals surface area (Å²) in [6.45, 7) is 2.55. The molecule has 0 aliphatic carbocycles. The molecule has 1 aromatic carbocycles. The van der Waals surface area contributed by atoms with Gasteiger partial charge in [-0.3, -0.25) is 4.68 Å². The van der Waals surface area contributed by atoms with Gasteiger partial charge in [0.25, 0.3) is 0 Å². The van der Waals surface area contributed by atoms with Crippen LogP contribution in [0.4, 0.5) is 5.69 Å². The predicted octanol–water partition coefficient (Wildman–Crippen LogP) is 3.47. The lowest BCUT2D eigenvalue weighted by Crippen LogP contribution is -2.12. The highest BCUT2D eigenvalue weighted by molar-refractivity contribution is 14.1. The number of anilines is 1. The van der Waals surface area contributed by atoms with Gasteiger partial charge in [0.1, 0.15) is 5.56 Å². The molecule has 112 valence electrons. The van der Waals surface area contributed by atoms with E-state index in [0.29, 0.717) is 23.7 Å². The van der Waals surface area contributed by atoms with E-state index < -0.39 is 0 Å². The van der Waals surface area contributed by atoms with Crippen molar-refractivity contribution in [3.05, 3.63) is 44.2 Å². The molecule has 0 saturated heterocycles. The summed E-state index contributed by atoms with van der Waals surface area (Å²) in [6, 6.07) is 5.74. The summed E-state index contributed by atoms with van der Waals surface area (Å²) in [5.74, 6) is -0.365. The van der Waals surface area contributed by atoms with Crippen LogP contribution in [0.25, 0.3) is 0 Å². The molecule has 0 fully saturated rings. The number of hydrogen-bond acceptors (Lipinski definition) is 4. The van der Waals surface area contributed by atoms with Crippen molar-refractivity contribution in [3.63, 3.8) is 0 Å². The zero-order chi connectivity index (χ0) is 15.4. The summed E-state index contributed by atoms with van der Waals surface area (Å²) >= 11 is 8.38. The second-order valence-electron chi connectivity index (χ2n) is 4.33. The number of benzene rings is 1. The van der Waals surface area contributed by atoms with Crippen LogP contribution < -0.4 is 5.32 Å². The minimum Gasteiger partial charge on any atom is -0.462 e. The summed E-state index contributed by atoms with van der Waals surface area (Å²) in [5.41, 5.74) is 2.03. The van der Waals surface area contributed by atoms with Crippen LogP contribution in [0.5, 0.6) is 0 Å². The van der Waals surface area contributed by atoms with Gasteiger partial charge in [-0.25, -0.2) is 4.79 Å². The first kappa shape index (κ1) is 16.1. The molecule has 1 N–H and O–H groups in total. The van der Waals surface area contributed by atoms with E-state index in [0.717, 1.165) is 15.0 Å². The van der Waals surface area contributed by atoms with E-state index in [1.807, 2.05) is 18.2 Å². The molecular weight excluding hydrogens is 405 g/mol. The number of esters is 1. The third-order valence-corrected chi connectivity index (χ3v) is 3.92. The topological polar surface area (TPSA) is 56.1 Å². The smallest absolute Gasteiger partial charge is 0.341 e. The number of aromatic nitrogens is 2. The number of carbonyl (C=O) groups excluding carboxylic acids is 1. The van der Waals surface area contributed by atoms with Gasteiger partial charge in [0, 0.05) is 10.6 Å². The normalized spacial score (nSPS) is 10.5. The third kappa shape index (κ3) is 3.88. The molecule has 21 heavy (non-hydrogen) atoms. The average molecular weight is 420 g/mol. The zero-order valence-electron chi connectivity index (χ0n) is 11.7. The van der Waals surface area contributed by atoms with Crippen LogP contribution in [0.1, 0.15) is 23.0 Å². The van der Waals surface area contributed by atoms with Gasteiger partial charge in [-0.2, -0.15) is 5.10 Å². The van der Waals surface area contributed by atoms with E-state index in [2.05, 4.69) is 33.0 Å². The molecule has 1 aromatic heterocycles. The molecule has 0 atom stereocenters. The maximum Gasteiger partial charge on any atom is 0.341 e. The Balaban J connectivity index is 2.16. The highest BCUT2D eigenvalue weighted by Crippen LogP contribution is 2.24.